The molecule has 3 aliphatic heterocycles. The minimum absolute atomic E-state index is 0.0163. The van der Waals surface area contributed by atoms with Crippen molar-refractivity contribution in [2.24, 2.45) is 0 Å². The molecule has 3 aliphatic rings. The van der Waals surface area contributed by atoms with Gasteiger partial charge in [0.2, 0.25) is 0 Å². The first-order valence-corrected chi connectivity index (χ1v) is 16.3. The van der Waals surface area contributed by atoms with Crippen LogP contribution < -0.4 is 0 Å². The van der Waals surface area contributed by atoms with Crippen molar-refractivity contribution < 1.29 is 19.3 Å². The molecular formula is C33H39NO4S2. The molecular weight excluding hydrogens is 539 g/mol. The Labute approximate surface area is 246 Å². The van der Waals surface area contributed by atoms with Gasteiger partial charge in [0.05, 0.1) is 44.6 Å². The van der Waals surface area contributed by atoms with E-state index in [-0.39, 0.29) is 34.4 Å². The van der Waals surface area contributed by atoms with E-state index in [1.807, 2.05) is 53.9 Å². The van der Waals surface area contributed by atoms with E-state index >= 15 is 0 Å². The van der Waals surface area contributed by atoms with Crippen LogP contribution in [0, 0.1) is 0 Å². The van der Waals surface area contributed by atoms with Crippen molar-refractivity contribution in [3.63, 3.8) is 0 Å². The Kier molecular flexibility index (Phi) is 9.19. The number of ether oxygens (including phenoxy) is 3. The van der Waals surface area contributed by atoms with Crippen LogP contribution in [0.5, 0.6) is 0 Å². The topological polar surface area (TPSA) is 51.2 Å². The van der Waals surface area contributed by atoms with Gasteiger partial charge in [-0.3, -0.25) is 4.90 Å². The zero-order chi connectivity index (χ0) is 27.4. The van der Waals surface area contributed by atoms with E-state index in [9.17, 15) is 5.11 Å². The van der Waals surface area contributed by atoms with Gasteiger partial charge in [0.1, 0.15) is 16.3 Å². The van der Waals surface area contributed by atoms with E-state index in [0.717, 1.165) is 34.6 Å². The summed E-state index contributed by atoms with van der Waals surface area (Å²) in [4.78, 5) is 2.49. The van der Waals surface area contributed by atoms with Crippen LogP contribution >= 0.6 is 23.5 Å². The SMILES string of the molecule is C[C@@H]1[C@H](O)C2(SCCCS2)[C@H]2[C@H](OCc3ccccc3)[C@@H](OCc3ccccc3)[C@H](COCc3ccccc3)N12. The average Bonchev–Trinajstić information content (AvgIpc) is 3.42. The molecule has 1 N–H and O–H groups in total. The van der Waals surface area contributed by atoms with Gasteiger partial charge in [-0.2, -0.15) is 0 Å². The lowest BCUT2D eigenvalue weighted by atomic mass is 10.00. The third-order valence-corrected chi connectivity index (χ3v) is 11.9. The first-order chi connectivity index (χ1) is 19.7. The van der Waals surface area contributed by atoms with Gasteiger partial charge < -0.3 is 19.3 Å². The highest BCUT2D eigenvalue weighted by molar-refractivity contribution is 8.19. The van der Waals surface area contributed by atoms with Gasteiger partial charge in [-0.15, -0.1) is 23.5 Å². The second-order valence-corrected chi connectivity index (χ2v) is 13.9. The normalized spacial score (nSPS) is 29.6. The Morgan fingerprint density at radius 3 is 1.80 bits per heavy atom. The van der Waals surface area contributed by atoms with Gasteiger partial charge in [-0.25, -0.2) is 0 Å². The number of benzene rings is 3. The summed E-state index contributed by atoms with van der Waals surface area (Å²) in [5, 5.41) is 11.8. The van der Waals surface area contributed by atoms with Crippen molar-refractivity contribution in [3.8, 4) is 0 Å². The number of rotatable bonds is 10. The van der Waals surface area contributed by atoms with Gasteiger partial charge in [-0.05, 0) is 41.5 Å². The fraction of sp³-hybridized carbons (Fsp3) is 0.455. The maximum atomic E-state index is 11.8. The quantitative estimate of drug-likeness (QED) is 0.329. The van der Waals surface area contributed by atoms with E-state index in [1.165, 1.54) is 0 Å². The molecule has 5 nitrogen and oxygen atoms in total. The van der Waals surface area contributed by atoms with Crippen molar-refractivity contribution in [1.29, 1.82) is 0 Å². The molecule has 0 unspecified atom stereocenters. The summed E-state index contributed by atoms with van der Waals surface area (Å²) in [6.07, 6.45) is 0.312. The Morgan fingerprint density at radius 2 is 1.25 bits per heavy atom. The Hall–Kier alpha value is -1.84. The average molecular weight is 578 g/mol. The lowest BCUT2D eigenvalue weighted by Crippen LogP contribution is -2.52. The fourth-order valence-corrected chi connectivity index (χ4v) is 10.3. The molecule has 6 atom stereocenters. The Morgan fingerprint density at radius 1 is 0.750 bits per heavy atom. The third kappa shape index (κ3) is 5.75. The zero-order valence-corrected chi connectivity index (χ0v) is 24.6. The molecule has 3 aromatic carbocycles. The summed E-state index contributed by atoms with van der Waals surface area (Å²) in [5.41, 5.74) is 3.44. The summed E-state index contributed by atoms with van der Waals surface area (Å²) >= 11 is 3.84. The molecule has 212 valence electrons. The van der Waals surface area contributed by atoms with Crippen LogP contribution in [0.2, 0.25) is 0 Å². The molecule has 3 aromatic rings. The lowest BCUT2D eigenvalue weighted by Gasteiger charge is -2.42. The van der Waals surface area contributed by atoms with Gasteiger partial charge in [-0.1, -0.05) is 91.0 Å². The molecule has 0 aliphatic carbocycles. The van der Waals surface area contributed by atoms with Crippen molar-refractivity contribution in [3.05, 3.63) is 108 Å². The number of nitrogens with zero attached hydrogens (tertiary/aromatic N) is 1. The fourth-order valence-electron chi connectivity index (χ4n) is 6.49. The van der Waals surface area contributed by atoms with Crippen molar-refractivity contribution in [1.82, 2.24) is 4.90 Å². The number of hydrogen-bond acceptors (Lipinski definition) is 7. The van der Waals surface area contributed by atoms with Gasteiger partial charge in [0.25, 0.3) is 0 Å². The second-order valence-electron chi connectivity index (χ2n) is 10.9. The standard InChI is InChI=1S/C33H39NO4S2/c1-24-32(35)33(39-18-11-19-40-33)31-30(38-22-27-16-9-4-10-17-27)29(37-21-26-14-7-3-8-15-26)28(34(24)31)23-36-20-25-12-5-2-6-13-25/h2-10,12-17,24,28-32,35H,11,18-23H2,1H3/t24-,28+,29+,30-,31-,32+/m1/s1. The highest BCUT2D eigenvalue weighted by Crippen LogP contribution is 2.59. The summed E-state index contributed by atoms with van der Waals surface area (Å²) in [7, 11) is 0. The second kappa shape index (κ2) is 13.0. The van der Waals surface area contributed by atoms with E-state index in [2.05, 4.69) is 72.5 Å². The number of fused-ring (bicyclic) bond motifs is 2. The van der Waals surface area contributed by atoms with E-state index in [0.29, 0.717) is 26.4 Å². The van der Waals surface area contributed by atoms with Crippen LogP contribution in [0.25, 0.3) is 0 Å². The number of aliphatic hydroxyl groups is 1. The predicted octanol–water partition coefficient (Wildman–Crippen LogP) is 5.76. The minimum atomic E-state index is -0.456. The molecule has 0 aromatic heterocycles. The van der Waals surface area contributed by atoms with Crippen LogP contribution in [0.4, 0.5) is 0 Å². The molecule has 7 heteroatoms. The summed E-state index contributed by atoms with van der Waals surface area (Å²) < 4.78 is 19.7. The molecule has 1 spiro atoms. The first kappa shape index (κ1) is 28.3. The van der Waals surface area contributed by atoms with Crippen LogP contribution in [-0.2, 0) is 34.0 Å². The number of thioether (sulfide) groups is 2. The van der Waals surface area contributed by atoms with E-state index in [4.69, 9.17) is 14.2 Å². The summed E-state index contributed by atoms with van der Waals surface area (Å²) in [5.74, 6) is 2.11. The van der Waals surface area contributed by atoms with E-state index < -0.39 is 6.10 Å². The minimum Gasteiger partial charge on any atom is -0.389 e. The summed E-state index contributed by atoms with van der Waals surface area (Å²) in [6, 6.07) is 31.0. The lowest BCUT2D eigenvalue weighted by molar-refractivity contribution is -0.0919. The Bertz CT molecular complexity index is 1190. The molecule has 40 heavy (non-hydrogen) atoms. The highest BCUT2D eigenvalue weighted by atomic mass is 32.2. The van der Waals surface area contributed by atoms with Crippen LogP contribution in [0.1, 0.15) is 30.0 Å². The molecule has 3 heterocycles. The molecule has 0 amide bonds. The molecule has 3 fully saturated rings. The van der Waals surface area contributed by atoms with Gasteiger partial charge in [0, 0.05) is 6.04 Å². The zero-order valence-electron chi connectivity index (χ0n) is 23.0. The highest BCUT2D eigenvalue weighted by Gasteiger charge is 2.69. The van der Waals surface area contributed by atoms with Crippen molar-refractivity contribution in [2.45, 2.75) is 73.7 Å². The molecule has 3 saturated heterocycles. The van der Waals surface area contributed by atoms with Crippen molar-refractivity contribution in [2.75, 3.05) is 18.1 Å². The van der Waals surface area contributed by atoms with Crippen LogP contribution in [-0.4, -0.2) is 68.6 Å². The Balaban J connectivity index is 1.31. The number of hydrogen-bond donors (Lipinski definition) is 1. The predicted molar refractivity (Wildman–Crippen MR) is 163 cm³/mol. The largest absolute Gasteiger partial charge is 0.389 e. The molecule has 6 rings (SSSR count). The maximum absolute atomic E-state index is 11.8. The monoisotopic (exact) mass is 577 g/mol. The first-order valence-electron chi connectivity index (χ1n) is 14.3. The van der Waals surface area contributed by atoms with Crippen LogP contribution in [0.15, 0.2) is 91.0 Å². The summed E-state index contributed by atoms with van der Waals surface area (Å²) in [6.45, 7) is 4.24. The smallest absolute Gasteiger partial charge is 0.106 e. The third-order valence-electron chi connectivity index (χ3n) is 8.38. The molecule has 0 saturated carbocycles. The van der Waals surface area contributed by atoms with Gasteiger partial charge >= 0.3 is 0 Å². The van der Waals surface area contributed by atoms with Gasteiger partial charge in [0.15, 0.2) is 0 Å². The molecule has 0 bridgehead atoms. The van der Waals surface area contributed by atoms with Crippen LogP contribution in [0.3, 0.4) is 0 Å². The number of aliphatic hydroxyl groups excluding tert-OH is 1. The molecule has 0 radical (unpaired) electrons. The maximum Gasteiger partial charge on any atom is 0.106 e. The van der Waals surface area contributed by atoms with Crippen molar-refractivity contribution >= 4 is 23.5 Å². The van der Waals surface area contributed by atoms with E-state index in [1.54, 1.807) is 0 Å².